The van der Waals surface area contributed by atoms with Crippen LogP contribution in [0.4, 0.5) is 0 Å². The molecule has 1 aliphatic rings. The van der Waals surface area contributed by atoms with Crippen LogP contribution in [0.1, 0.15) is 34.5 Å². The molecule has 1 aliphatic heterocycles. The zero-order chi connectivity index (χ0) is 19.8. The molecule has 0 aliphatic carbocycles. The number of thiophene rings is 1. The molecule has 0 bridgehead atoms. The van der Waals surface area contributed by atoms with E-state index in [4.69, 9.17) is 4.52 Å². The van der Waals surface area contributed by atoms with Crippen LogP contribution in [0.25, 0.3) is 21.7 Å². The number of carbonyl (C=O) groups excluding carboxylic acids is 1. The van der Waals surface area contributed by atoms with Crippen LogP contribution in [-0.4, -0.2) is 33.5 Å². The molecule has 4 aromatic rings. The van der Waals surface area contributed by atoms with Crippen molar-refractivity contribution in [2.45, 2.75) is 32.2 Å². The van der Waals surface area contributed by atoms with Gasteiger partial charge in [0.2, 0.25) is 0 Å². The van der Waals surface area contributed by atoms with Crippen LogP contribution in [0.2, 0.25) is 0 Å². The average molecular weight is 404 g/mol. The SMILES string of the molecule is Cc1noc2nc(-c3cccs3)cc(C(=O)N3CCCC3Cc3ccccc3)c12. The van der Waals surface area contributed by atoms with Crippen molar-refractivity contribution < 1.29 is 9.32 Å². The molecule has 0 radical (unpaired) electrons. The Hall–Kier alpha value is -2.99. The summed E-state index contributed by atoms with van der Waals surface area (Å²) in [5.41, 5.74) is 3.78. The van der Waals surface area contributed by atoms with Gasteiger partial charge in [-0.25, -0.2) is 4.98 Å². The third-order valence-electron chi connectivity index (χ3n) is 5.57. The maximum Gasteiger partial charge on any atom is 0.259 e. The first-order valence-electron chi connectivity index (χ1n) is 9.86. The van der Waals surface area contributed by atoms with Crippen LogP contribution in [0.5, 0.6) is 0 Å². The predicted molar refractivity (Wildman–Crippen MR) is 114 cm³/mol. The predicted octanol–water partition coefficient (Wildman–Crippen LogP) is 5.11. The van der Waals surface area contributed by atoms with Crippen molar-refractivity contribution in [3.63, 3.8) is 0 Å². The number of aryl methyl sites for hydroxylation is 1. The highest BCUT2D eigenvalue weighted by Gasteiger charge is 2.32. The Kier molecular flexibility index (Phi) is 4.64. The molecule has 29 heavy (non-hydrogen) atoms. The van der Waals surface area contributed by atoms with Crippen LogP contribution in [0, 0.1) is 6.92 Å². The van der Waals surface area contributed by atoms with Gasteiger partial charge in [0.05, 0.1) is 27.2 Å². The lowest BCUT2D eigenvalue weighted by atomic mass is 10.0. The zero-order valence-electron chi connectivity index (χ0n) is 16.2. The molecular weight excluding hydrogens is 382 g/mol. The molecule has 0 saturated carbocycles. The number of hydrogen-bond donors (Lipinski definition) is 0. The maximum atomic E-state index is 13.7. The lowest BCUT2D eigenvalue weighted by Gasteiger charge is -2.25. The number of carbonyl (C=O) groups is 1. The summed E-state index contributed by atoms with van der Waals surface area (Å²) in [4.78, 5) is 21.3. The summed E-state index contributed by atoms with van der Waals surface area (Å²) < 4.78 is 5.44. The molecule has 0 spiro atoms. The Bertz CT molecular complexity index is 1150. The Morgan fingerprint density at radius 1 is 1.24 bits per heavy atom. The van der Waals surface area contributed by atoms with Crippen molar-refractivity contribution >= 4 is 28.3 Å². The largest absolute Gasteiger partial charge is 0.335 e. The molecule has 3 aromatic heterocycles. The zero-order valence-corrected chi connectivity index (χ0v) is 17.0. The molecular formula is C23H21N3O2S. The summed E-state index contributed by atoms with van der Waals surface area (Å²) in [6.07, 6.45) is 2.92. The molecule has 1 unspecified atom stereocenters. The van der Waals surface area contributed by atoms with Crippen LogP contribution in [0.15, 0.2) is 58.4 Å². The van der Waals surface area contributed by atoms with Crippen molar-refractivity contribution in [2.75, 3.05) is 6.54 Å². The summed E-state index contributed by atoms with van der Waals surface area (Å²) in [7, 11) is 0. The van der Waals surface area contributed by atoms with E-state index in [0.717, 1.165) is 41.8 Å². The summed E-state index contributed by atoms with van der Waals surface area (Å²) in [5.74, 6) is 0.0416. The van der Waals surface area contributed by atoms with E-state index in [0.29, 0.717) is 17.0 Å². The van der Waals surface area contributed by atoms with Crippen LogP contribution in [0.3, 0.4) is 0 Å². The number of benzene rings is 1. The molecule has 146 valence electrons. The minimum atomic E-state index is 0.0416. The average Bonchev–Trinajstić information content (AvgIpc) is 3.49. The fraction of sp³-hybridized carbons (Fsp3) is 0.261. The van der Waals surface area contributed by atoms with Crippen LogP contribution < -0.4 is 0 Å². The van der Waals surface area contributed by atoms with E-state index in [1.165, 1.54) is 5.56 Å². The van der Waals surface area contributed by atoms with E-state index in [1.54, 1.807) is 11.3 Å². The van der Waals surface area contributed by atoms with Gasteiger partial charge >= 0.3 is 0 Å². The molecule has 1 atom stereocenters. The van der Waals surface area contributed by atoms with Gasteiger partial charge in [-0.2, -0.15) is 0 Å². The third kappa shape index (κ3) is 3.34. The van der Waals surface area contributed by atoms with Gasteiger partial charge in [0, 0.05) is 12.6 Å². The Labute approximate surface area is 173 Å². The van der Waals surface area contributed by atoms with Crippen molar-refractivity contribution in [1.82, 2.24) is 15.0 Å². The third-order valence-corrected chi connectivity index (χ3v) is 6.47. The molecule has 6 heteroatoms. The topological polar surface area (TPSA) is 59.2 Å². The standard InChI is InChI=1S/C23H21N3O2S/c1-15-21-18(14-19(20-10-6-12-29-20)24-22(21)28-25-15)23(27)26-11-5-9-17(26)13-16-7-3-2-4-8-16/h2-4,6-8,10,12,14,17H,5,9,11,13H2,1H3. The first-order chi connectivity index (χ1) is 14.2. The quantitative estimate of drug-likeness (QED) is 0.475. The van der Waals surface area contributed by atoms with E-state index in [2.05, 4.69) is 34.4 Å². The second kappa shape index (κ2) is 7.44. The molecule has 0 N–H and O–H groups in total. The molecule has 1 amide bonds. The fourth-order valence-corrected chi connectivity index (χ4v) is 4.86. The number of hydrogen-bond acceptors (Lipinski definition) is 5. The number of amides is 1. The smallest absolute Gasteiger partial charge is 0.259 e. The monoisotopic (exact) mass is 403 g/mol. The van der Waals surface area contributed by atoms with E-state index in [9.17, 15) is 4.79 Å². The van der Waals surface area contributed by atoms with Crippen molar-refractivity contribution in [3.05, 3.63) is 70.7 Å². The van der Waals surface area contributed by atoms with Gasteiger partial charge in [0.15, 0.2) is 0 Å². The van der Waals surface area contributed by atoms with Gasteiger partial charge in [0.25, 0.3) is 11.6 Å². The van der Waals surface area contributed by atoms with Crippen molar-refractivity contribution in [2.24, 2.45) is 0 Å². The summed E-state index contributed by atoms with van der Waals surface area (Å²) in [6.45, 7) is 2.64. The summed E-state index contributed by atoms with van der Waals surface area (Å²) >= 11 is 1.60. The van der Waals surface area contributed by atoms with Gasteiger partial charge in [-0.15, -0.1) is 11.3 Å². The second-order valence-corrected chi connectivity index (χ2v) is 8.41. The van der Waals surface area contributed by atoms with Gasteiger partial charge in [-0.05, 0) is 49.3 Å². The minimum absolute atomic E-state index is 0.0416. The number of pyridine rings is 1. The maximum absolute atomic E-state index is 13.7. The number of aromatic nitrogens is 2. The Balaban J connectivity index is 1.54. The molecule has 5 nitrogen and oxygen atoms in total. The number of nitrogens with zero attached hydrogens (tertiary/aromatic N) is 3. The van der Waals surface area contributed by atoms with E-state index < -0.39 is 0 Å². The number of likely N-dealkylation sites (tertiary alicyclic amines) is 1. The Morgan fingerprint density at radius 3 is 2.90 bits per heavy atom. The highest BCUT2D eigenvalue weighted by Crippen LogP contribution is 2.32. The molecule has 1 aromatic carbocycles. The van der Waals surface area contributed by atoms with Gasteiger partial charge in [0.1, 0.15) is 0 Å². The van der Waals surface area contributed by atoms with Gasteiger partial charge in [-0.1, -0.05) is 41.6 Å². The van der Waals surface area contributed by atoms with E-state index in [-0.39, 0.29) is 11.9 Å². The summed E-state index contributed by atoms with van der Waals surface area (Å²) in [5, 5.41) is 6.80. The highest BCUT2D eigenvalue weighted by molar-refractivity contribution is 7.13. The van der Waals surface area contributed by atoms with E-state index >= 15 is 0 Å². The summed E-state index contributed by atoms with van der Waals surface area (Å²) in [6, 6.07) is 16.5. The molecule has 4 heterocycles. The molecule has 5 rings (SSSR count). The number of fused-ring (bicyclic) bond motifs is 1. The Morgan fingerprint density at radius 2 is 2.10 bits per heavy atom. The van der Waals surface area contributed by atoms with Crippen LogP contribution in [-0.2, 0) is 6.42 Å². The number of rotatable bonds is 4. The lowest BCUT2D eigenvalue weighted by Crippen LogP contribution is -2.37. The second-order valence-electron chi connectivity index (χ2n) is 7.46. The first-order valence-corrected chi connectivity index (χ1v) is 10.7. The van der Waals surface area contributed by atoms with Gasteiger partial charge in [-0.3, -0.25) is 4.79 Å². The van der Waals surface area contributed by atoms with Crippen LogP contribution >= 0.6 is 11.3 Å². The lowest BCUT2D eigenvalue weighted by molar-refractivity contribution is 0.0738. The normalized spacial score (nSPS) is 16.6. The molecule has 1 fully saturated rings. The fourth-order valence-electron chi connectivity index (χ4n) is 4.17. The van der Waals surface area contributed by atoms with E-state index in [1.807, 2.05) is 41.5 Å². The molecule has 1 saturated heterocycles. The minimum Gasteiger partial charge on any atom is -0.335 e. The first kappa shape index (κ1) is 18.1. The highest BCUT2D eigenvalue weighted by atomic mass is 32.1. The van der Waals surface area contributed by atoms with Crippen molar-refractivity contribution in [3.8, 4) is 10.6 Å². The van der Waals surface area contributed by atoms with Gasteiger partial charge < -0.3 is 9.42 Å². The van der Waals surface area contributed by atoms with Crippen molar-refractivity contribution in [1.29, 1.82) is 0 Å².